The maximum absolute atomic E-state index is 14.0. The summed E-state index contributed by atoms with van der Waals surface area (Å²) in [6, 6.07) is 0. The molecule has 1 spiro atoms. The first-order valence-electron chi connectivity index (χ1n) is 11.6. The molecule has 5 fully saturated rings. The lowest BCUT2D eigenvalue weighted by Crippen LogP contribution is -2.97. The normalized spacial score (nSPS) is 55.4. The topological polar surface area (TPSA) is 147 Å². The highest BCUT2D eigenvalue weighted by atomic mass is 16.6. The molecule has 9 nitrogen and oxygen atoms in total. The van der Waals surface area contributed by atoms with E-state index in [4.69, 9.17) is 9.47 Å². The van der Waals surface area contributed by atoms with Gasteiger partial charge in [0.05, 0.1) is 11.3 Å². The third-order valence-electron chi connectivity index (χ3n) is 10.2. The van der Waals surface area contributed by atoms with E-state index in [0.717, 1.165) is 0 Å². The zero-order chi connectivity index (χ0) is 24.7. The molecule has 0 aromatic carbocycles. The Labute approximate surface area is 191 Å². The average molecular weight is 465 g/mol. The summed E-state index contributed by atoms with van der Waals surface area (Å²) in [7, 11) is 0. The Balaban J connectivity index is 1.79. The Hall–Kier alpha value is -1.84. The van der Waals surface area contributed by atoms with E-state index in [9.17, 15) is 34.5 Å². The number of aliphatic hydroxyl groups excluding tert-OH is 1. The zero-order valence-corrected chi connectivity index (χ0v) is 19.7. The smallest absolute Gasteiger partial charge is 0.303 e. The molecule has 5 saturated carbocycles. The molecule has 0 amide bonds. The molecule has 5 aliphatic carbocycles. The van der Waals surface area contributed by atoms with Crippen LogP contribution in [0.4, 0.5) is 0 Å². The molecule has 11 unspecified atom stereocenters. The van der Waals surface area contributed by atoms with Crippen molar-refractivity contribution in [2.75, 3.05) is 0 Å². The van der Waals surface area contributed by atoms with Gasteiger partial charge in [-0.1, -0.05) is 27.7 Å². The number of Topliss-reactive ketones (excluding diaryl/α,β-unsaturated/α-hetero) is 2. The van der Waals surface area contributed by atoms with Crippen molar-refractivity contribution in [1.82, 2.24) is 0 Å². The van der Waals surface area contributed by atoms with Crippen LogP contribution in [0.25, 0.3) is 0 Å². The minimum atomic E-state index is -2.17. The molecule has 0 heterocycles. The van der Waals surface area contributed by atoms with Gasteiger partial charge >= 0.3 is 11.9 Å². The predicted molar refractivity (Wildman–Crippen MR) is 110 cm³/mol. The average Bonchev–Trinajstić information content (AvgIpc) is 3.36. The summed E-state index contributed by atoms with van der Waals surface area (Å²) < 4.78 is 11.1. The number of esters is 2. The molecule has 11 atom stereocenters. The summed E-state index contributed by atoms with van der Waals surface area (Å²) in [6.45, 7) is 9.18. The molecule has 0 aliphatic heterocycles. The number of carbonyl (C=O) groups is 4. The van der Waals surface area contributed by atoms with Crippen molar-refractivity contribution >= 4 is 23.5 Å². The summed E-state index contributed by atoms with van der Waals surface area (Å²) in [5.41, 5.74) is -7.92. The minimum Gasteiger partial charge on any atom is -0.459 e. The lowest BCUT2D eigenvalue weighted by Gasteiger charge is -2.82. The van der Waals surface area contributed by atoms with Crippen molar-refractivity contribution < 1.29 is 44.0 Å². The third-order valence-corrected chi connectivity index (χ3v) is 10.2. The van der Waals surface area contributed by atoms with Crippen LogP contribution in [0, 0.1) is 39.9 Å². The molecule has 5 aliphatic rings. The Bertz CT molecular complexity index is 1000. The van der Waals surface area contributed by atoms with Crippen molar-refractivity contribution in [3.8, 4) is 0 Å². The minimum absolute atomic E-state index is 0.0924. The van der Waals surface area contributed by atoms with Crippen LogP contribution in [-0.4, -0.2) is 68.3 Å². The zero-order valence-electron chi connectivity index (χ0n) is 19.7. The van der Waals surface area contributed by atoms with Gasteiger partial charge in [0, 0.05) is 42.9 Å². The van der Waals surface area contributed by atoms with Gasteiger partial charge in [0.25, 0.3) is 0 Å². The molecule has 182 valence electrons. The summed E-state index contributed by atoms with van der Waals surface area (Å²) in [5.74, 6) is -5.53. The largest absolute Gasteiger partial charge is 0.459 e. The second-order valence-electron chi connectivity index (χ2n) is 11.8. The highest BCUT2D eigenvalue weighted by Crippen LogP contribution is 2.82. The van der Waals surface area contributed by atoms with E-state index in [1.54, 1.807) is 27.7 Å². The fourth-order valence-corrected chi connectivity index (χ4v) is 8.89. The van der Waals surface area contributed by atoms with Crippen LogP contribution in [0.2, 0.25) is 0 Å². The van der Waals surface area contributed by atoms with E-state index in [1.165, 1.54) is 13.8 Å². The van der Waals surface area contributed by atoms with E-state index in [1.807, 2.05) is 0 Å². The Morgan fingerprint density at radius 1 is 1.03 bits per heavy atom. The molecule has 0 aromatic rings. The van der Waals surface area contributed by atoms with Crippen LogP contribution in [0.3, 0.4) is 0 Å². The van der Waals surface area contributed by atoms with Crippen molar-refractivity contribution in [3.05, 3.63) is 0 Å². The summed E-state index contributed by atoms with van der Waals surface area (Å²) in [5, 5.41) is 36.0. The molecule has 0 radical (unpaired) electrons. The van der Waals surface area contributed by atoms with E-state index in [-0.39, 0.29) is 18.1 Å². The molecule has 3 N–H and O–H groups in total. The van der Waals surface area contributed by atoms with Gasteiger partial charge in [0.15, 0.2) is 5.78 Å². The monoisotopic (exact) mass is 464 g/mol. The predicted octanol–water partition coefficient (Wildman–Crippen LogP) is 0.163. The van der Waals surface area contributed by atoms with Gasteiger partial charge < -0.3 is 24.8 Å². The van der Waals surface area contributed by atoms with Crippen LogP contribution in [-0.2, 0) is 28.7 Å². The van der Waals surface area contributed by atoms with E-state index in [0.29, 0.717) is 6.42 Å². The first-order chi connectivity index (χ1) is 15.1. The summed E-state index contributed by atoms with van der Waals surface area (Å²) in [6.07, 6.45) is -3.97. The van der Waals surface area contributed by atoms with E-state index < -0.39 is 81.2 Å². The summed E-state index contributed by atoms with van der Waals surface area (Å²) in [4.78, 5) is 51.4. The van der Waals surface area contributed by atoms with Crippen LogP contribution in [0.15, 0.2) is 0 Å². The van der Waals surface area contributed by atoms with Crippen LogP contribution in [0.1, 0.15) is 54.4 Å². The highest BCUT2D eigenvalue weighted by molar-refractivity contribution is 5.97. The lowest BCUT2D eigenvalue weighted by atomic mass is 9.23. The van der Waals surface area contributed by atoms with Gasteiger partial charge in [-0.15, -0.1) is 0 Å². The van der Waals surface area contributed by atoms with Gasteiger partial charge in [0.1, 0.15) is 35.3 Å². The van der Waals surface area contributed by atoms with Crippen LogP contribution < -0.4 is 0 Å². The highest BCUT2D eigenvalue weighted by Gasteiger charge is 2.96. The van der Waals surface area contributed by atoms with E-state index >= 15 is 0 Å². The number of fused-ring (bicyclic) bond motifs is 1. The van der Waals surface area contributed by atoms with Crippen molar-refractivity contribution in [1.29, 1.82) is 0 Å². The standard InChI is InChI=1S/C24H32O9/c1-9-8-22(9)18(29)14-15(28)16(32-10(2)25)17-20(4,5)13(27)7-12-21(17,6)24(14,31)23(12,30)19(22)33-11(3)26/h9,12,14-17,19,28,30-31H,7-8H2,1-6H3. The quantitative estimate of drug-likeness (QED) is 0.486. The maximum atomic E-state index is 14.0. The Kier molecular flexibility index (Phi) is 4.20. The number of aliphatic hydroxyl groups is 3. The second-order valence-corrected chi connectivity index (χ2v) is 11.8. The number of hydrogen-bond donors (Lipinski definition) is 3. The molecule has 5 rings (SSSR count). The fourth-order valence-electron chi connectivity index (χ4n) is 8.89. The van der Waals surface area contributed by atoms with Gasteiger partial charge in [-0.05, 0) is 12.3 Å². The molecular weight excluding hydrogens is 432 g/mol. The van der Waals surface area contributed by atoms with E-state index in [2.05, 4.69) is 0 Å². The van der Waals surface area contributed by atoms with Gasteiger partial charge in [-0.3, -0.25) is 19.2 Å². The molecule has 9 heteroatoms. The molecule has 0 aromatic heterocycles. The molecular formula is C24H32O9. The lowest BCUT2D eigenvalue weighted by molar-refractivity contribution is -0.451. The number of ether oxygens (including phenoxy) is 2. The number of hydrogen-bond acceptors (Lipinski definition) is 9. The number of ketones is 2. The van der Waals surface area contributed by atoms with Gasteiger partial charge in [0.2, 0.25) is 0 Å². The molecule has 33 heavy (non-hydrogen) atoms. The SMILES string of the molecule is CC(=O)OC1C(O)C2C(=O)C3(CC3C)C(OC(C)=O)C3(O)C4CC(=O)C(C)(C)C1C4(C)C23O. The first kappa shape index (κ1) is 22.9. The summed E-state index contributed by atoms with van der Waals surface area (Å²) >= 11 is 0. The Morgan fingerprint density at radius 3 is 2.06 bits per heavy atom. The molecule has 0 bridgehead atoms. The second kappa shape index (κ2) is 6.04. The Morgan fingerprint density at radius 2 is 1.58 bits per heavy atom. The van der Waals surface area contributed by atoms with Crippen LogP contribution in [0.5, 0.6) is 0 Å². The van der Waals surface area contributed by atoms with Gasteiger partial charge in [-0.2, -0.15) is 0 Å². The third kappa shape index (κ3) is 2.08. The van der Waals surface area contributed by atoms with Crippen molar-refractivity contribution in [2.45, 2.75) is 83.9 Å². The maximum Gasteiger partial charge on any atom is 0.303 e. The first-order valence-corrected chi connectivity index (χ1v) is 11.6. The molecule has 0 saturated heterocycles. The van der Waals surface area contributed by atoms with Crippen LogP contribution >= 0.6 is 0 Å². The van der Waals surface area contributed by atoms with Crippen molar-refractivity contribution in [2.24, 2.45) is 39.9 Å². The number of carbonyl (C=O) groups excluding carboxylic acids is 4. The fraction of sp³-hybridized carbons (Fsp3) is 0.833. The number of rotatable bonds is 2. The van der Waals surface area contributed by atoms with Crippen molar-refractivity contribution in [3.63, 3.8) is 0 Å². The van der Waals surface area contributed by atoms with Gasteiger partial charge in [-0.25, -0.2) is 0 Å².